The summed E-state index contributed by atoms with van der Waals surface area (Å²) in [4.78, 5) is 11.4. The zero-order valence-electron chi connectivity index (χ0n) is 9.20. The summed E-state index contributed by atoms with van der Waals surface area (Å²) < 4.78 is 1.40. The molecule has 1 amide bonds. The van der Waals surface area contributed by atoms with Gasteiger partial charge in [-0.25, -0.2) is 4.68 Å². The number of alkyl halides is 2. The highest BCUT2D eigenvalue weighted by atomic mass is 79.9. The molecule has 0 fully saturated rings. The molecule has 0 saturated heterocycles. The predicted octanol–water partition coefficient (Wildman–Crippen LogP) is 2.25. The molecule has 2 aromatic rings. The highest BCUT2D eigenvalue weighted by Crippen LogP contribution is 2.31. The molecule has 0 aliphatic heterocycles. The first-order valence-corrected chi connectivity index (χ1v) is 7.00. The van der Waals surface area contributed by atoms with Crippen molar-refractivity contribution in [3.63, 3.8) is 0 Å². The summed E-state index contributed by atoms with van der Waals surface area (Å²) in [6, 6.07) is 9.71. The molecule has 0 saturated carbocycles. The van der Waals surface area contributed by atoms with Gasteiger partial charge in [-0.05, 0) is 5.56 Å². The predicted molar refractivity (Wildman–Crippen MR) is 75.2 cm³/mol. The zero-order valence-corrected chi connectivity index (χ0v) is 12.4. The third-order valence-electron chi connectivity index (χ3n) is 2.28. The summed E-state index contributed by atoms with van der Waals surface area (Å²) in [6.45, 7) is 0. The highest BCUT2D eigenvalue weighted by Gasteiger charge is 2.25. The van der Waals surface area contributed by atoms with Crippen LogP contribution in [0.15, 0.2) is 43.0 Å². The van der Waals surface area contributed by atoms with Gasteiger partial charge in [0.25, 0.3) is 5.91 Å². The molecule has 94 valence electrons. The van der Waals surface area contributed by atoms with E-state index in [1.807, 2.05) is 30.3 Å². The Morgan fingerprint density at radius 2 is 1.78 bits per heavy atom. The van der Waals surface area contributed by atoms with Crippen molar-refractivity contribution in [2.75, 3.05) is 5.43 Å². The zero-order chi connectivity index (χ0) is 13.0. The second-order valence-electron chi connectivity index (χ2n) is 3.56. The third kappa shape index (κ3) is 3.17. The van der Waals surface area contributed by atoms with Crippen LogP contribution in [0.25, 0.3) is 0 Å². The van der Waals surface area contributed by atoms with Crippen molar-refractivity contribution < 1.29 is 4.79 Å². The lowest BCUT2D eigenvalue weighted by Crippen LogP contribution is -2.31. The van der Waals surface area contributed by atoms with Crippen LogP contribution in [0.2, 0.25) is 0 Å². The Morgan fingerprint density at radius 3 is 2.39 bits per heavy atom. The molecule has 0 unspecified atom stereocenters. The molecule has 0 radical (unpaired) electrons. The van der Waals surface area contributed by atoms with Gasteiger partial charge in [0, 0.05) is 0 Å². The molecule has 1 N–H and O–H groups in total. The Bertz CT molecular complexity index is 503. The molecule has 2 rings (SSSR count). The maximum Gasteiger partial charge on any atom is 0.254 e. The maximum absolute atomic E-state index is 12.0. The molecule has 0 aliphatic rings. The molecule has 18 heavy (non-hydrogen) atoms. The second-order valence-corrected chi connectivity index (χ2v) is 5.53. The first-order chi connectivity index (χ1) is 8.68. The molecule has 1 aromatic carbocycles. The van der Waals surface area contributed by atoms with Crippen LogP contribution in [0.1, 0.15) is 10.4 Å². The number of hydrogen-bond donors (Lipinski definition) is 1. The summed E-state index contributed by atoms with van der Waals surface area (Å²) in [7, 11) is 0. The molecular formula is C11H10Br2N4O. The van der Waals surface area contributed by atoms with Crippen molar-refractivity contribution in [3.05, 3.63) is 48.5 Å². The molecule has 1 aromatic heterocycles. The van der Waals surface area contributed by atoms with E-state index in [2.05, 4.69) is 47.5 Å². The second kappa shape index (κ2) is 6.10. The summed E-state index contributed by atoms with van der Waals surface area (Å²) in [5, 5.41) is 7.22. The number of carbonyl (C=O) groups is 1. The van der Waals surface area contributed by atoms with Gasteiger partial charge in [0.1, 0.15) is 17.5 Å². The van der Waals surface area contributed by atoms with Crippen LogP contribution in [-0.4, -0.2) is 25.6 Å². The van der Waals surface area contributed by atoms with Crippen LogP contribution in [-0.2, 0) is 4.79 Å². The minimum absolute atomic E-state index is 0.116. The van der Waals surface area contributed by atoms with Crippen molar-refractivity contribution in [2.24, 2.45) is 0 Å². The van der Waals surface area contributed by atoms with E-state index in [0.717, 1.165) is 5.56 Å². The van der Waals surface area contributed by atoms with E-state index >= 15 is 0 Å². The van der Waals surface area contributed by atoms with Gasteiger partial charge in [-0.15, -0.1) is 10.2 Å². The molecule has 2 atom stereocenters. The van der Waals surface area contributed by atoms with Crippen LogP contribution in [0.3, 0.4) is 0 Å². The minimum atomic E-state index is -0.401. The molecule has 0 aliphatic carbocycles. The summed E-state index contributed by atoms with van der Waals surface area (Å²) in [5.41, 5.74) is 3.67. The van der Waals surface area contributed by atoms with Gasteiger partial charge >= 0.3 is 0 Å². The standard InChI is InChI=1S/C11H10Br2N4O/c12-9(8-4-2-1-3-5-8)10(13)11(18)16-17-6-14-15-7-17/h1-7,9-10H,(H,16,18)/t9-,10+/m0/s1. The summed E-state index contributed by atoms with van der Waals surface area (Å²) >= 11 is 6.89. The normalized spacial score (nSPS) is 13.9. The van der Waals surface area contributed by atoms with E-state index < -0.39 is 4.83 Å². The van der Waals surface area contributed by atoms with Gasteiger partial charge in [0.2, 0.25) is 0 Å². The minimum Gasteiger partial charge on any atom is -0.272 e. The van der Waals surface area contributed by atoms with Crippen LogP contribution in [0, 0.1) is 0 Å². The van der Waals surface area contributed by atoms with E-state index in [1.54, 1.807) is 0 Å². The van der Waals surface area contributed by atoms with Crippen LogP contribution in [0.5, 0.6) is 0 Å². The first kappa shape index (κ1) is 13.2. The SMILES string of the molecule is O=C(Nn1cnnc1)[C@H](Br)[C@@H](Br)c1ccccc1. The fourth-order valence-electron chi connectivity index (χ4n) is 1.39. The van der Waals surface area contributed by atoms with Gasteiger partial charge in [0.15, 0.2) is 0 Å². The Hall–Kier alpha value is -1.21. The van der Waals surface area contributed by atoms with E-state index in [0.29, 0.717) is 0 Å². The number of halogens is 2. The molecular weight excluding hydrogens is 364 g/mol. The van der Waals surface area contributed by atoms with E-state index in [-0.39, 0.29) is 10.7 Å². The fraction of sp³-hybridized carbons (Fsp3) is 0.182. The molecule has 0 bridgehead atoms. The number of amides is 1. The van der Waals surface area contributed by atoms with E-state index in [9.17, 15) is 4.79 Å². The lowest BCUT2D eigenvalue weighted by molar-refractivity contribution is -0.116. The average Bonchev–Trinajstić information content (AvgIpc) is 2.91. The highest BCUT2D eigenvalue weighted by molar-refractivity contribution is 9.12. The number of aromatic nitrogens is 3. The Kier molecular flexibility index (Phi) is 4.48. The monoisotopic (exact) mass is 372 g/mol. The first-order valence-electron chi connectivity index (χ1n) is 5.17. The van der Waals surface area contributed by atoms with Crippen molar-refractivity contribution in [3.8, 4) is 0 Å². The smallest absolute Gasteiger partial charge is 0.254 e. The van der Waals surface area contributed by atoms with Crippen LogP contribution in [0.4, 0.5) is 0 Å². The lowest BCUT2D eigenvalue weighted by atomic mass is 10.1. The van der Waals surface area contributed by atoms with Gasteiger partial charge in [-0.3, -0.25) is 10.2 Å². The maximum atomic E-state index is 12.0. The third-order valence-corrected chi connectivity index (χ3v) is 4.99. The van der Waals surface area contributed by atoms with Crippen molar-refractivity contribution in [2.45, 2.75) is 9.65 Å². The number of nitrogens with zero attached hydrogens (tertiary/aromatic N) is 3. The van der Waals surface area contributed by atoms with Crippen LogP contribution >= 0.6 is 31.9 Å². The Balaban J connectivity index is 2.02. The Labute approximate surface area is 121 Å². The quantitative estimate of drug-likeness (QED) is 0.836. The van der Waals surface area contributed by atoms with Crippen molar-refractivity contribution >= 4 is 37.8 Å². The van der Waals surface area contributed by atoms with E-state index in [4.69, 9.17) is 0 Å². The number of carbonyl (C=O) groups excluding carboxylic acids is 1. The molecule has 1 heterocycles. The largest absolute Gasteiger partial charge is 0.272 e. The summed E-state index contributed by atoms with van der Waals surface area (Å²) in [5.74, 6) is -0.180. The number of hydrogen-bond acceptors (Lipinski definition) is 3. The van der Waals surface area contributed by atoms with Crippen molar-refractivity contribution in [1.82, 2.24) is 14.9 Å². The van der Waals surface area contributed by atoms with E-state index in [1.165, 1.54) is 17.3 Å². The lowest BCUT2D eigenvalue weighted by Gasteiger charge is -2.16. The molecule has 7 heteroatoms. The van der Waals surface area contributed by atoms with Crippen molar-refractivity contribution in [1.29, 1.82) is 0 Å². The summed E-state index contributed by atoms with van der Waals surface area (Å²) in [6.07, 6.45) is 2.84. The van der Waals surface area contributed by atoms with Crippen LogP contribution < -0.4 is 5.43 Å². The molecule has 0 spiro atoms. The average molecular weight is 374 g/mol. The number of nitrogens with one attached hydrogen (secondary N) is 1. The van der Waals surface area contributed by atoms with Gasteiger partial charge in [0.05, 0.1) is 4.83 Å². The van der Waals surface area contributed by atoms with Gasteiger partial charge in [-0.2, -0.15) is 0 Å². The number of benzene rings is 1. The Morgan fingerprint density at radius 1 is 1.17 bits per heavy atom. The van der Waals surface area contributed by atoms with Gasteiger partial charge in [-0.1, -0.05) is 62.2 Å². The van der Waals surface area contributed by atoms with Gasteiger partial charge < -0.3 is 0 Å². The molecule has 5 nitrogen and oxygen atoms in total. The fourth-order valence-corrected chi connectivity index (χ4v) is 2.34. The number of rotatable bonds is 4. The topological polar surface area (TPSA) is 59.8 Å².